The van der Waals surface area contributed by atoms with Crippen molar-refractivity contribution in [2.75, 3.05) is 6.61 Å². The van der Waals surface area contributed by atoms with Crippen molar-refractivity contribution >= 4 is 11.9 Å². The van der Waals surface area contributed by atoms with E-state index in [1.54, 1.807) is 0 Å². The second kappa shape index (κ2) is 46.6. The molecule has 6 heteroatoms. The SMILES string of the molecule is CC/C=C/C=C/C=C\C=C/C=C/CC(CC(=O)NC(CO)C(O)CCCCCCCCCCCCCCCCCC)OC(=O)CCCCCCCCCCCCCCC. The number of unbranched alkanes of at least 4 members (excludes halogenated alkanes) is 27. The standard InChI is InChI=1S/C53H95NO5/c1-4-7-10-13-16-19-22-24-25-26-28-30-33-36-39-42-45-51(56)50(48-55)54-52(57)47-49(44-41-38-35-32-29-21-18-15-12-9-6-3)59-53(58)46-43-40-37-34-31-27-23-20-17-14-11-8-5-2/h9,12,15,18,21,29,32,35,38,41,49-51,55-56H,4-8,10-11,13-14,16-17,19-20,22-28,30-31,33-34,36-37,39-40,42-48H2,1-3H3,(H,54,57)/b12-9+,18-15+,29-21-,35-32-,41-38+. The maximum atomic E-state index is 13.1. The van der Waals surface area contributed by atoms with Gasteiger partial charge in [-0.3, -0.25) is 9.59 Å². The van der Waals surface area contributed by atoms with E-state index in [2.05, 4.69) is 32.2 Å². The van der Waals surface area contributed by atoms with E-state index in [4.69, 9.17) is 4.74 Å². The van der Waals surface area contributed by atoms with Gasteiger partial charge < -0.3 is 20.3 Å². The van der Waals surface area contributed by atoms with Gasteiger partial charge in [0.1, 0.15) is 6.10 Å². The highest BCUT2D eigenvalue weighted by molar-refractivity contribution is 5.77. The van der Waals surface area contributed by atoms with Crippen LogP contribution < -0.4 is 5.32 Å². The van der Waals surface area contributed by atoms with Gasteiger partial charge in [-0.1, -0.05) is 261 Å². The van der Waals surface area contributed by atoms with Gasteiger partial charge in [-0.05, 0) is 19.3 Å². The predicted molar refractivity (Wildman–Crippen MR) is 255 cm³/mol. The van der Waals surface area contributed by atoms with Gasteiger partial charge in [0, 0.05) is 12.8 Å². The quantitative estimate of drug-likeness (QED) is 0.0323. The Balaban J connectivity index is 4.60. The summed E-state index contributed by atoms with van der Waals surface area (Å²) in [6.45, 7) is 6.30. The molecule has 0 aliphatic heterocycles. The Morgan fingerprint density at radius 1 is 0.508 bits per heavy atom. The molecule has 3 atom stereocenters. The zero-order chi connectivity index (χ0) is 43.1. The summed E-state index contributed by atoms with van der Waals surface area (Å²) >= 11 is 0. The van der Waals surface area contributed by atoms with Crippen molar-refractivity contribution in [2.24, 2.45) is 0 Å². The zero-order valence-corrected chi connectivity index (χ0v) is 38.9. The first-order valence-electron chi connectivity index (χ1n) is 25.1. The number of aliphatic hydroxyl groups is 2. The Morgan fingerprint density at radius 3 is 1.29 bits per heavy atom. The monoisotopic (exact) mass is 826 g/mol. The van der Waals surface area contributed by atoms with Crippen LogP contribution >= 0.6 is 0 Å². The van der Waals surface area contributed by atoms with Crippen molar-refractivity contribution in [2.45, 2.75) is 257 Å². The number of hydrogen-bond acceptors (Lipinski definition) is 5. The van der Waals surface area contributed by atoms with Crippen molar-refractivity contribution in [3.63, 3.8) is 0 Å². The summed E-state index contributed by atoms with van der Waals surface area (Å²) in [6.07, 6.45) is 57.4. The molecule has 0 aromatic heterocycles. The second-order valence-corrected chi connectivity index (χ2v) is 17.0. The molecule has 0 saturated heterocycles. The molecule has 0 radical (unpaired) electrons. The third kappa shape index (κ3) is 42.1. The number of aliphatic hydroxyl groups excluding tert-OH is 2. The van der Waals surface area contributed by atoms with Gasteiger partial charge in [-0.2, -0.15) is 0 Å². The van der Waals surface area contributed by atoms with E-state index in [9.17, 15) is 19.8 Å². The first-order valence-corrected chi connectivity index (χ1v) is 25.1. The van der Waals surface area contributed by atoms with Gasteiger partial charge in [0.15, 0.2) is 0 Å². The lowest BCUT2D eigenvalue weighted by Crippen LogP contribution is -2.46. The van der Waals surface area contributed by atoms with Crippen LogP contribution in [0.1, 0.15) is 239 Å². The number of hydrogen-bond donors (Lipinski definition) is 3. The number of carbonyl (C=O) groups excluding carboxylic acids is 2. The minimum Gasteiger partial charge on any atom is -0.461 e. The Hall–Kier alpha value is -2.44. The highest BCUT2D eigenvalue weighted by Gasteiger charge is 2.23. The van der Waals surface area contributed by atoms with Crippen LogP contribution in [0.15, 0.2) is 60.8 Å². The molecule has 0 bridgehead atoms. The van der Waals surface area contributed by atoms with Crippen LogP contribution in [0, 0.1) is 0 Å². The van der Waals surface area contributed by atoms with E-state index >= 15 is 0 Å². The third-order valence-corrected chi connectivity index (χ3v) is 11.2. The third-order valence-electron chi connectivity index (χ3n) is 11.2. The molecule has 3 unspecified atom stereocenters. The Bertz CT molecular complexity index is 1060. The predicted octanol–water partition coefficient (Wildman–Crippen LogP) is 14.8. The molecule has 0 heterocycles. The van der Waals surface area contributed by atoms with Gasteiger partial charge in [-0.15, -0.1) is 0 Å². The van der Waals surface area contributed by atoms with Crippen LogP contribution in [-0.2, 0) is 14.3 Å². The highest BCUT2D eigenvalue weighted by Crippen LogP contribution is 2.17. The number of carbonyl (C=O) groups is 2. The number of allylic oxidation sites excluding steroid dienone is 9. The van der Waals surface area contributed by atoms with Gasteiger partial charge in [0.2, 0.25) is 5.91 Å². The molecule has 0 rings (SSSR count). The fraction of sp³-hybridized carbons (Fsp3) is 0.774. The van der Waals surface area contributed by atoms with Crippen LogP contribution in [0.2, 0.25) is 0 Å². The van der Waals surface area contributed by atoms with E-state index < -0.39 is 18.2 Å². The van der Waals surface area contributed by atoms with Crippen LogP contribution in [0.25, 0.3) is 0 Å². The summed E-state index contributed by atoms with van der Waals surface area (Å²) in [5, 5.41) is 23.7. The van der Waals surface area contributed by atoms with Gasteiger partial charge in [0.05, 0.1) is 25.2 Å². The highest BCUT2D eigenvalue weighted by atomic mass is 16.5. The summed E-state index contributed by atoms with van der Waals surface area (Å²) in [5.74, 6) is -0.603. The molecular weight excluding hydrogens is 731 g/mol. The normalized spacial score (nSPS) is 13.8. The fourth-order valence-corrected chi connectivity index (χ4v) is 7.45. The van der Waals surface area contributed by atoms with Crippen LogP contribution in [0.4, 0.5) is 0 Å². The van der Waals surface area contributed by atoms with Crippen LogP contribution in [-0.4, -0.2) is 46.9 Å². The van der Waals surface area contributed by atoms with Gasteiger partial charge in [-0.25, -0.2) is 0 Å². The average molecular weight is 826 g/mol. The largest absolute Gasteiger partial charge is 0.461 e. The van der Waals surface area contributed by atoms with Crippen LogP contribution in [0.3, 0.4) is 0 Å². The van der Waals surface area contributed by atoms with E-state index in [1.807, 2.05) is 54.7 Å². The zero-order valence-electron chi connectivity index (χ0n) is 38.9. The van der Waals surface area contributed by atoms with E-state index in [1.165, 1.54) is 148 Å². The summed E-state index contributed by atoms with van der Waals surface area (Å²) in [4.78, 5) is 26.0. The lowest BCUT2D eigenvalue weighted by atomic mass is 10.0. The molecular formula is C53H95NO5. The van der Waals surface area contributed by atoms with Gasteiger partial charge >= 0.3 is 5.97 Å². The minimum absolute atomic E-state index is 0.0172. The summed E-state index contributed by atoms with van der Waals surface area (Å²) in [5.41, 5.74) is 0. The minimum atomic E-state index is -0.817. The molecule has 0 aliphatic rings. The van der Waals surface area contributed by atoms with E-state index in [-0.39, 0.29) is 24.9 Å². The molecule has 3 N–H and O–H groups in total. The molecule has 0 aliphatic carbocycles. The van der Waals surface area contributed by atoms with Crippen LogP contribution in [0.5, 0.6) is 0 Å². The fourth-order valence-electron chi connectivity index (χ4n) is 7.45. The number of amides is 1. The molecule has 0 aromatic rings. The van der Waals surface area contributed by atoms with Gasteiger partial charge in [0.25, 0.3) is 0 Å². The summed E-state index contributed by atoms with van der Waals surface area (Å²) in [6, 6.07) is -0.738. The van der Waals surface area contributed by atoms with E-state index in [0.717, 1.165) is 44.9 Å². The summed E-state index contributed by atoms with van der Waals surface area (Å²) in [7, 11) is 0. The molecule has 6 nitrogen and oxygen atoms in total. The van der Waals surface area contributed by atoms with Crippen molar-refractivity contribution in [1.82, 2.24) is 5.32 Å². The maximum Gasteiger partial charge on any atom is 0.306 e. The van der Waals surface area contributed by atoms with Crippen molar-refractivity contribution in [3.8, 4) is 0 Å². The second-order valence-electron chi connectivity index (χ2n) is 17.0. The average Bonchev–Trinajstić information content (AvgIpc) is 3.23. The molecule has 0 aromatic carbocycles. The Morgan fingerprint density at radius 2 is 0.881 bits per heavy atom. The topological polar surface area (TPSA) is 95.9 Å². The van der Waals surface area contributed by atoms with Crippen molar-refractivity contribution in [1.29, 1.82) is 0 Å². The molecule has 1 amide bonds. The molecule has 0 saturated carbocycles. The molecule has 0 spiro atoms. The molecule has 342 valence electrons. The number of nitrogens with one attached hydrogen (secondary N) is 1. The first-order chi connectivity index (χ1) is 29.0. The lowest BCUT2D eigenvalue weighted by molar-refractivity contribution is -0.150. The lowest BCUT2D eigenvalue weighted by Gasteiger charge is -2.24. The number of esters is 1. The van der Waals surface area contributed by atoms with Crippen molar-refractivity contribution < 1.29 is 24.5 Å². The number of rotatable bonds is 44. The van der Waals surface area contributed by atoms with E-state index in [0.29, 0.717) is 19.3 Å². The number of ether oxygens (including phenoxy) is 1. The summed E-state index contributed by atoms with van der Waals surface area (Å²) < 4.78 is 5.83. The Kier molecular flexibility index (Phi) is 44.7. The maximum absolute atomic E-state index is 13.1. The molecule has 0 fully saturated rings. The molecule has 59 heavy (non-hydrogen) atoms. The Labute approximate surface area is 365 Å². The smallest absolute Gasteiger partial charge is 0.306 e. The van der Waals surface area contributed by atoms with Crippen molar-refractivity contribution in [3.05, 3.63) is 60.8 Å². The first kappa shape index (κ1) is 56.6.